The second-order valence-electron chi connectivity index (χ2n) is 6.38. The van der Waals surface area contributed by atoms with Crippen LogP contribution in [0.2, 0.25) is 0 Å². The number of hydrogen-bond donors (Lipinski definition) is 3. The Hall–Kier alpha value is -1.43. The molecule has 1 aliphatic heterocycles. The van der Waals surface area contributed by atoms with Crippen molar-refractivity contribution in [2.45, 2.75) is 25.5 Å². The van der Waals surface area contributed by atoms with Gasteiger partial charge in [0.25, 0.3) is 0 Å². The van der Waals surface area contributed by atoms with Gasteiger partial charge in [-0.25, -0.2) is 4.39 Å². The zero-order valence-corrected chi connectivity index (χ0v) is 13.0. The molecule has 4 nitrogen and oxygen atoms in total. The molecule has 1 atom stereocenters. The average Bonchev–Trinajstić information content (AvgIpc) is 2.89. The van der Waals surface area contributed by atoms with Gasteiger partial charge < -0.3 is 15.4 Å². The van der Waals surface area contributed by atoms with E-state index in [9.17, 15) is 9.50 Å². The molecule has 1 fully saturated rings. The van der Waals surface area contributed by atoms with Crippen LogP contribution in [0.25, 0.3) is 10.9 Å². The fraction of sp³-hybridized carbons (Fsp3) is 0.529. The number of fused-ring (bicyclic) bond motifs is 1. The Bertz CT molecular complexity index is 621. The highest BCUT2D eigenvalue weighted by Gasteiger charge is 2.22. The molecule has 22 heavy (non-hydrogen) atoms. The molecule has 120 valence electrons. The van der Waals surface area contributed by atoms with Crippen LogP contribution < -0.4 is 5.32 Å². The third-order valence-corrected chi connectivity index (χ3v) is 4.51. The first kappa shape index (κ1) is 15.5. The van der Waals surface area contributed by atoms with Crippen molar-refractivity contribution in [1.82, 2.24) is 15.2 Å². The molecule has 5 heteroatoms. The second kappa shape index (κ2) is 6.77. The van der Waals surface area contributed by atoms with Crippen LogP contribution in [0.15, 0.2) is 24.3 Å². The molecule has 1 aromatic heterocycles. The number of halogens is 1. The molecule has 2 heterocycles. The molecule has 0 aliphatic carbocycles. The fourth-order valence-electron chi connectivity index (χ4n) is 3.30. The minimum atomic E-state index is -0.283. The number of aliphatic hydroxyl groups excluding tert-OH is 1. The molecule has 0 bridgehead atoms. The number of nitrogens with zero attached hydrogens (tertiary/aromatic N) is 1. The van der Waals surface area contributed by atoms with Gasteiger partial charge in [0, 0.05) is 29.7 Å². The lowest BCUT2D eigenvalue weighted by molar-refractivity contribution is 0.0559. The molecule has 3 N–H and O–H groups in total. The van der Waals surface area contributed by atoms with Crippen LogP contribution >= 0.6 is 0 Å². The molecular formula is C17H24FN3O. The SMILES string of the molecule is CN(Cc1cc2cc(F)ccc2[nH]1)CC(O)C1CCNCC1. The summed E-state index contributed by atoms with van der Waals surface area (Å²) in [7, 11) is 2.01. The number of H-pyrrole nitrogens is 1. The highest BCUT2D eigenvalue weighted by Crippen LogP contribution is 2.19. The van der Waals surface area contributed by atoms with Gasteiger partial charge in [-0.2, -0.15) is 0 Å². The Morgan fingerprint density at radius 2 is 2.09 bits per heavy atom. The minimum Gasteiger partial charge on any atom is -0.392 e. The summed E-state index contributed by atoms with van der Waals surface area (Å²) in [6, 6.07) is 6.75. The predicted octanol–water partition coefficient (Wildman–Crippen LogP) is 2.10. The maximum Gasteiger partial charge on any atom is 0.123 e. The van der Waals surface area contributed by atoms with Gasteiger partial charge in [0.2, 0.25) is 0 Å². The van der Waals surface area contributed by atoms with Crippen LogP contribution in [0.1, 0.15) is 18.5 Å². The van der Waals surface area contributed by atoms with E-state index >= 15 is 0 Å². The maximum atomic E-state index is 13.2. The average molecular weight is 305 g/mol. The van der Waals surface area contributed by atoms with E-state index in [0.29, 0.717) is 12.5 Å². The van der Waals surface area contributed by atoms with Gasteiger partial charge in [-0.15, -0.1) is 0 Å². The zero-order valence-electron chi connectivity index (χ0n) is 13.0. The molecule has 2 aromatic rings. The highest BCUT2D eigenvalue weighted by molar-refractivity contribution is 5.80. The Labute approximate surface area is 130 Å². The Morgan fingerprint density at radius 1 is 1.32 bits per heavy atom. The van der Waals surface area contributed by atoms with E-state index in [0.717, 1.165) is 49.1 Å². The topological polar surface area (TPSA) is 51.3 Å². The van der Waals surface area contributed by atoms with Crippen molar-refractivity contribution >= 4 is 10.9 Å². The maximum absolute atomic E-state index is 13.2. The fourth-order valence-corrected chi connectivity index (χ4v) is 3.30. The summed E-state index contributed by atoms with van der Waals surface area (Å²) in [5.74, 6) is 0.174. The van der Waals surface area contributed by atoms with Crippen LogP contribution in [-0.2, 0) is 6.54 Å². The summed E-state index contributed by atoms with van der Waals surface area (Å²) in [5.41, 5.74) is 1.99. The Balaban J connectivity index is 1.58. The van der Waals surface area contributed by atoms with E-state index < -0.39 is 0 Å². The monoisotopic (exact) mass is 305 g/mol. The van der Waals surface area contributed by atoms with Gasteiger partial charge >= 0.3 is 0 Å². The summed E-state index contributed by atoms with van der Waals surface area (Å²) >= 11 is 0. The molecule has 0 radical (unpaired) electrons. The standard InChI is InChI=1S/C17H24FN3O/c1-21(11-17(22)12-4-6-19-7-5-12)10-15-9-13-8-14(18)2-3-16(13)20-15/h2-3,8-9,12,17,19-20,22H,4-7,10-11H2,1H3. The van der Waals surface area contributed by atoms with Crippen molar-refractivity contribution < 1.29 is 9.50 Å². The van der Waals surface area contributed by atoms with E-state index in [2.05, 4.69) is 15.2 Å². The molecular weight excluding hydrogens is 281 g/mol. The van der Waals surface area contributed by atoms with E-state index in [4.69, 9.17) is 0 Å². The summed E-state index contributed by atoms with van der Waals surface area (Å²) in [6.07, 6.45) is 1.80. The number of hydrogen-bond acceptors (Lipinski definition) is 3. The summed E-state index contributed by atoms with van der Waals surface area (Å²) in [6.45, 7) is 3.38. The smallest absolute Gasteiger partial charge is 0.123 e. The van der Waals surface area contributed by atoms with Crippen molar-refractivity contribution in [3.8, 4) is 0 Å². The quantitative estimate of drug-likeness (QED) is 0.793. The number of likely N-dealkylation sites (N-methyl/N-ethyl adjacent to an activating group) is 1. The predicted molar refractivity (Wildman–Crippen MR) is 86.2 cm³/mol. The number of piperidine rings is 1. The van der Waals surface area contributed by atoms with Crippen LogP contribution in [-0.4, -0.2) is 47.8 Å². The summed E-state index contributed by atoms with van der Waals surface area (Å²) in [5, 5.41) is 14.6. The molecule has 3 rings (SSSR count). The highest BCUT2D eigenvalue weighted by atomic mass is 19.1. The molecule has 1 aromatic carbocycles. The van der Waals surface area contributed by atoms with Gasteiger partial charge in [0.1, 0.15) is 5.82 Å². The zero-order chi connectivity index (χ0) is 15.5. The van der Waals surface area contributed by atoms with E-state index in [1.807, 2.05) is 13.1 Å². The third-order valence-electron chi connectivity index (χ3n) is 4.51. The van der Waals surface area contributed by atoms with Crippen LogP contribution in [0.4, 0.5) is 4.39 Å². The van der Waals surface area contributed by atoms with Crippen LogP contribution in [0.5, 0.6) is 0 Å². The number of aliphatic hydroxyl groups is 1. The Kier molecular flexibility index (Phi) is 4.76. The molecule has 1 unspecified atom stereocenters. The normalized spacial score (nSPS) is 18.2. The Morgan fingerprint density at radius 3 is 2.86 bits per heavy atom. The van der Waals surface area contributed by atoms with Crippen molar-refractivity contribution in [3.05, 3.63) is 35.8 Å². The van der Waals surface area contributed by atoms with Crippen LogP contribution in [0, 0.1) is 11.7 Å². The number of aromatic amines is 1. The first-order valence-electron chi connectivity index (χ1n) is 7.96. The van der Waals surface area contributed by atoms with E-state index in [1.165, 1.54) is 6.07 Å². The number of benzene rings is 1. The van der Waals surface area contributed by atoms with Crippen molar-refractivity contribution in [1.29, 1.82) is 0 Å². The largest absolute Gasteiger partial charge is 0.392 e. The first-order valence-corrected chi connectivity index (χ1v) is 7.96. The van der Waals surface area contributed by atoms with Crippen LogP contribution in [0.3, 0.4) is 0 Å². The van der Waals surface area contributed by atoms with Gasteiger partial charge in [-0.3, -0.25) is 4.90 Å². The third kappa shape index (κ3) is 3.66. The van der Waals surface area contributed by atoms with Crippen molar-refractivity contribution in [2.24, 2.45) is 5.92 Å². The number of aromatic nitrogens is 1. The van der Waals surface area contributed by atoms with Gasteiger partial charge in [0.05, 0.1) is 6.10 Å². The minimum absolute atomic E-state index is 0.215. The number of nitrogens with one attached hydrogen (secondary N) is 2. The van der Waals surface area contributed by atoms with E-state index in [-0.39, 0.29) is 11.9 Å². The lowest BCUT2D eigenvalue weighted by Gasteiger charge is -2.30. The van der Waals surface area contributed by atoms with Gasteiger partial charge in [0.15, 0.2) is 0 Å². The molecule has 1 saturated heterocycles. The van der Waals surface area contributed by atoms with Crippen molar-refractivity contribution in [3.63, 3.8) is 0 Å². The van der Waals surface area contributed by atoms with Gasteiger partial charge in [-0.05, 0) is 63.2 Å². The molecule has 0 spiro atoms. The molecule has 0 saturated carbocycles. The first-order chi connectivity index (χ1) is 10.6. The summed E-state index contributed by atoms with van der Waals surface area (Å²) in [4.78, 5) is 5.43. The lowest BCUT2D eigenvalue weighted by Crippen LogP contribution is -2.39. The molecule has 0 amide bonds. The second-order valence-corrected chi connectivity index (χ2v) is 6.38. The molecule has 1 aliphatic rings. The van der Waals surface area contributed by atoms with Crippen molar-refractivity contribution in [2.75, 3.05) is 26.7 Å². The summed E-state index contributed by atoms with van der Waals surface area (Å²) < 4.78 is 13.2. The van der Waals surface area contributed by atoms with E-state index in [1.54, 1.807) is 12.1 Å². The van der Waals surface area contributed by atoms with Gasteiger partial charge in [-0.1, -0.05) is 0 Å². The lowest BCUT2D eigenvalue weighted by atomic mass is 9.92. The number of rotatable bonds is 5.